The molecule has 0 saturated heterocycles. The van der Waals surface area contributed by atoms with Crippen molar-refractivity contribution in [1.82, 2.24) is 4.57 Å². The minimum atomic E-state index is -0.0363. The van der Waals surface area contributed by atoms with Crippen LogP contribution in [0.1, 0.15) is 27.2 Å². The number of nitrogens with zero attached hydrogens (tertiary/aromatic N) is 3. The Morgan fingerprint density at radius 3 is 2.64 bits per heavy atom. The van der Waals surface area contributed by atoms with E-state index in [4.69, 9.17) is 5.26 Å². The van der Waals surface area contributed by atoms with Crippen LogP contribution in [0.3, 0.4) is 0 Å². The molecule has 0 aliphatic carbocycles. The number of benzene rings is 2. The van der Waals surface area contributed by atoms with Crippen molar-refractivity contribution in [2.45, 2.75) is 13.3 Å². The maximum absolute atomic E-state index is 13.2. The van der Waals surface area contributed by atoms with Gasteiger partial charge in [-0.25, -0.2) is 0 Å². The molecule has 0 spiro atoms. The van der Waals surface area contributed by atoms with Crippen molar-refractivity contribution in [1.29, 1.82) is 5.26 Å². The summed E-state index contributed by atoms with van der Waals surface area (Å²) >= 11 is 0. The van der Waals surface area contributed by atoms with Crippen molar-refractivity contribution in [2.24, 2.45) is 0 Å². The van der Waals surface area contributed by atoms with Crippen LogP contribution in [0.15, 0.2) is 60.8 Å². The topological polar surface area (TPSA) is 49.0 Å². The van der Waals surface area contributed by atoms with Crippen LogP contribution in [-0.2, 0) is 6.42 Å². The van der Waals surface area contributed by atoms with E-state index in [1.807, 2.05) is 48.4 Å². The number of carbonyl (C=O) groups excluding carboxylic acids is 1. The third-order valence-electron chi connectivity index (χ3n) is 4.70. The second kappa shape index (κ2) is 5.95. The zero-order valence-corrected chi connectivity index (χ0v) is 13.9. The molecule has 1 aliphatic heterocycles. The number of carbonyl (C=O) groups is 1. The lowest BCUT2D eigenvalue weighted by Crippen LogP contribution is -2.32. The number of anilines is 1. The maximum Gasteiger partial charge on any atom is 0.258 e. The Balaban J connectivity index is 1.78. The number of amides is 1. The fourth-order valence-electron chi connectivity index (χ4n) is 3.39. The summed E-state index contributed by atoms with van der Waals surface area (Å²) < 4.78 is 2.15. The Morgan fingerprint density at radius 2 is 1.88 bits per heavy atom. The van der Waals surface area contributed by atoms with Gasteiger partial charge < -0.3 is 9.47 Å². The molecular formula is C21H17N3O. The van der Waals surface area contributed by atoms with Crippen molar-refractivity contribution in [2.75, 3.05) is 11.4 Å². The van der Waals surface area contributed by atoms with Gasteiger partial charge in [-0.3, -0.25) is 4.79 Å². The Morgan fingerprint density at radius 1 is 1.08 bits per heavy atom. The second-order valence-electron chi connectivity index (χ2n) is 6.21. The minimum Gasteiger partial charge on any atom is -0.319 e. The lowest BCUT2D eigenvalue weighted by Gasteiger charge is -2.23. The highest BCUT2D eigenvalue weighted by Gasteiger charge is 2.24. The quantitative estimate of drug-likeness (QED) is 0.681. The fraction of sp³-hybridized carbons (Fsp3) is 0.143. The molecule has 4 rings (SSSR count). The third kappa shape index (κ3) is 2.50. The first-order chi connectivity index (χ1) is 12.2. The first-order valence-electron chi connectivity index (χ1n) is 8.27. The monoisotopic (exact) mass is 327 g/mol. The number of para-hydroxylation sites is 2. The van der Waals surface area contributed by atoms with Crippen LogP contribution < -0.4 is 4.90 Å². The Kier molecular flexibility index (Phi) is 3.62. The molecule has 0 fully saturated rings. The number of nitriles is 1. The molecule has 0 radical (unpaired) electrons. The summed E-state index contributed by atoms with van der Waals surface area (Å²) in [6.07, 6.45) is 2.83. The lowest BCUT2D eigenvalue weighted by molar-refractivity contribution is 0.0987. The Labute approximate surface area is 146 Å². The van der Waals surface area contributed by atoms with Crippen LogP contribution in [-0.4, -0.2) is 17.0 Å². The predicted molar refractivity (Wildman–Crippen MR) is 97.0 cm³/mol. The van der Waals surface area contributed by atoms with Gasteiger partial charge in [0.1, 0.15) is 0 Å². The fourth-order valence-corrected chi connectivity index (χ4v) is 3.39. The van der Waals surface area contributed by atoms with Gasteiger partial charge in [0.05, 0.1) is 23.0 Å². The number of fused-ring (bicyclic) bond motifs is 3. The van der Waals surface area contributed by atoms with E-state index in [-0.39, 0.29) is 5.91 Å². The average molecular weight is 327 g/mol. The van der Waals surface area contributed by atoms with Crippen molar-refractivity contribution in [3.05, 3.63) is 83.2 Å². The van der Waals surface area contributed by atoms with Crippen LogP contribution in [0.4, 0.5) is 5.69 Å². The highest BCUT2D eigenvalue weighted by molar-refractivity contribution is 6.07. The van der Waals surface area contributed by atoms with Gasteiger partial charge in [-0.05, 0) is 55.0 Å². The van der Waals surface area contributed by atoms with Gasteiger partial charge in [0.2, 0.25) is 0 Å². The Hall–Kier alpha value is -3.32. The van der Waals surface area contributed by atoms with E-state index in [2.05, 4.69) is 16.7 Å². The number of hydrogen-bond acceptors (Lipinski definition) is 2. The Bertz CT molecular complexity index is 1010. The van der Waals surface area contributed by atoms with Gasteiger partial charge in [-0.1, -0.05) is 12.1 Å². The van der Waals surface area contributed by atoms with Crippen LogP contribution in [0.5, 0.6) is 0 Å². The van der Waals surface area contributed by atoms with Crippen LogP contribution in [0.2, 0.25) is 0 Å². The first kappa shape index (κ1) is 15.2. The summed E-state index contributed by atoms with van der Waals surface area (Å²) in [6, 6.07) is 19.5. The van der Waals surface area contributed by atoms with Gasteiger partial charge in [0.15, 0.2) is 0 Å². The molecule has 122 valence electrons. The van der Waals surface area contributed by atoms with Gasteiger partial charge in [0, 0.05) is 30.4 Å². The molecule has 4 nitrogen and oxygen atoms in total. The standard InChI is InChI=1S/C21H17N3O/c1-15-13-16(8-9-17(15)14-22)21(25)24-12-10-18-5-4-11-23(18)19-6-2-3-7-20(19)24/h2-9,11,13H,10,12H2,1H3. The molecule has 1 aliphatic rings. The van der Waals surface area contributed by atoms with Crippen molar-refractivity contribution >= 4 is 11.6 Å². The average Bonchev–Trinajstić information content (AvgIpc) is 3.04. The number of aromatic nitrogens is 1. The SMILES string of the molecule is Cc1cc(C(=O)N2CCc3cccn3-c3ccccc32)ccc1C#N. The van der Waals surface area contributed by atoms with Crippen molar-refractivity contribution < 1.29 is 4.79 Å². The molecule has 1 amide bonds. The maximum atomic E-state index is 13.2. The number of rotatable bonds is 1. The van der Waals surface area contributed by atoms with E-state index in [1.165, 1.54) is 5.69 Å². The molecule has 2 aromatic carbocycles. The summed E-state index contributed by atoms with van der Waals surface area (Å²) in [5, 5.41) is 9.09. The van der Waals surface area contributed by atoms with E-state index in [0.717, 1.165) is 23.4 Å². The second-order valence-corrected chi connectivity index (χ2v) is 6.21. The highest BCUT2D eigenvalue weighted by Crippen LogP contribution is 2.30. The van der Waals surface area contributed by atoms with E-state index in [9.17, 15) is 4.79 Å². The van der Waals surface area contributed by atoms with Gasteiger partial charge >= 0.3 is 0 Å². The molecular weight excluding hydrogens is 310 g/mol. The highest BCUT2D eigenvalue weighted by atomic mass is 16.2. The van der Waals surface area contributed by atoms with E-state index in [0.29, 0.717) is 17.7 Å². The van der Waals surface area contributed by atoms with Crippen LogP contribution in [0, 0.1) is 18.3 Å². The normalized spacial score (nSPS) is 12.7. The van der Waals surface area contributed by atoms with Gasteiger partial charge in [-0.15, -0.1) is 0 Å². The zero-order valence-electron chi connectivity index (χ0n) is 13.9. The molecule has 0 atom stereocenters. The van der Waals surface area contributed by atoms with Crippen molar-refractivity contribution in [3.8, 4) is 11.8 Å². The summed E-state index contributed by atoms with van der Waals surface area (Å²) in [6.45, 7) is 2.48. The molecule has 1 aromatic heterocycles. The van der Waals surface area contributed by atoms with Gasteiger partial charge in [0.25, 0.3) is 5.91 Å². The van der Waals surface area contributed by atoms with Crippen LogP contribution in [0.25, 0.3) is 5.69 Å². The molecule has 4 heteroatoms. The van der Waals surface area contributed by atoms with E-state index < -0.39 is 0 Å². The molecule has 2 heterocycles. The smallest absolute Gasteiger partial charge is 0.258 e. The lowest BCUT2D eigenvalue weighted by atomic mass is 10.0. The largest absolute Gasteiger partial charge is 0.319 e. The molecule has 25 heavy (non-hydrogen) atoms. The molecule has 0 unspecified atom stereocenters. The summed E-state index contributed by atoms with van der Waals surface area (Å²) in [5.41, 5.74) is 5.14. The third-order valence-corrected chi connectivity index (χ3v) is 4.70. The first-order valence-corrected chi connectivity index (χ1v) is 8.27. The summed E-state index contributed by atoms with van der Waals surface area (Å²) in [7, 11) is 0. The number of aryl methyl sites for hydroxylation is 1. The summed E-state index contributed by atoms with van der Waals surface area (Å²) in [4.78, 5) is 15.0. The number of hydrogen-bond donors (Lipinski definition) is 0. The van der Waals surface area contributed by atoms with Crippen LogP contribution >= 0.6 is 0 Å². The van der Waals surface area contributed by atoms with E-state index in [1.54, 1.807) is 18.2 Å². The molecule has 3 aromatic rings. The molecule has 0 bridgehead atoms. The molecule has 0 saturated carbocycles. The predicted octanol–water partition coefficient (Wildman–Crippen LogP) is 3.86. The molecule has 0 N–H and O–H groups in total. The van der Waals surface area contributed by atoms with Crippen molar-refractivity contribution in [3.63, 3.8) is 0 Å². The summed E-state index contributed by atoms with van der Waals surface area (Å²) in [5.74, 6) is -0.0363. The van der Waals surface area contributed by atoms with E-state index >= 15 is 0 Å². The zero-order chi connectivity index (χ0) is 17.4. The van der Waals surface area contributed by atoms with Gasteiger partial charge in [-0.2, -0.15) is 5.26 Å². The minimum absolute atomic E-state index is 0.0363.